The quantitative estimate of drug-likeness (QED) is 0.351. The number of amides is 1. The van der Waals surface area contributed by atoms with Crippen molar-refractivity contribution in [3.8, 4) is 0 Å². The molecular weight excluding hydrogens is 454 g/mol. The number of anilines is 1. The number of thiazole rings is 1. The standard InChI is InChI=1S/C25H25N3O3S2/c1-18-12-13-22-24(19(18)2)27-25(32-22)28(17-20-8-6-14-26-16-20)23(29)11-7-15-33(30,31)21-9-4-3-5-10-21/h3-6,8-10,12-14,16H,7,11,15,17H2,1-2H3. The zero-order valence-electron chi connectivity index (χ0n) is 18.6. The van der Waals surface area contributed by atoms with E-state index in [2.05, 4.69) is 11.1 Å². The second kappa shape index (κ2) is 9.80. The normalized spacial score (nSPS) is 11.6. The van der Waals surface area contributed by atoms with E-state index in [9.17, 15) is 13.2 Å². The third kappa shape index (κ3) is 5.29. The number of hydrogen-bond acceptors (Lipinski definition) is 6. The van der Waals surface area contributed by atoms with Gasteiger partial charge in [0.25, 0.3) is 0 Å². The van der Waals surface area contributed by atoms with Crippen LogP contribution in [0, 0.1) is 13.8 Å². The molecule has 0 spiro atoms. The molecule has 0 saturated heterocycles. The van der Waals surface area contributed by atoms with Crippen molar-refractivity contribution < 1.29 is 13.2 Å². The first kappa shape index (κ1) is 23.1. The Morgan fingerprint density at radius 2 is 1.82 bits per heavy atom. The molecule has 0 aliphatic carbocycles. The summed E-state index contributed by atoms with van der Waals surface area (Å²) in [6, 6.07) is 16.2. The van der Waals surface area contributed by atoms with Gasteiger partial charge < -0.3 is 0 Å². The SMILES string of the molecule is Cc1ccc2sc(N(Cc3cccnc3)C(=O)CCCS(=O)(=O)c3ccccc3)nc2c1C. The van der Waals surface area contributed by atoms with E-state index in [1.165, 1.54) is 11.3 Å². The molecule has 170 valence electrons. The van der Waals surface area contributed by atoms with Crippen LogP contribution in [0.2, 0.25) is 0 Å². The van der Waals surface area contributed by atoms with E-state index in [0.717, 1.165) is 26.9 Å². The fraction of sp³-hybridized carbons (Fsp3) is 0.240. The maximum atomic E-state index is 13.3. The van der Waals surface area contributed by atoms with Crippen LogP contribution in [-0.4, -0.2) is 30.0 Å². The molecule has 0 aliphatic rings. The fourth-order valence-corrected chi connectivity index (χ4v) is 5.93. The minimum Gasteiger partial charge on any atom is -0.284 e. The van der Waals surface area contributed by atoms with Gasteiger partial charge in [0.05, 0.1) is 27.4 Å². The van der Waals surface area contributed by atoms with Crippen molar-refractivity contribution in [3.05, 3.63) is 83.7 Å². The lowest BCUT2D eigenvalue weighted by atomic mass is 10.1. The summed E-state index contributed by atoms with van der Waals surface area (Å²) in [5.74, 6) is -0.239. The Morgan fingerprint density at radius 3 is 2.55 bits per heavy atom. The number of sulfone groups is 1. The topological polar surface area (TPSA) is 80.2 Å². The Morgan fingerprint density at radius 1 is 1.03 bits per heavy atom. The van der Waals surface area contributed by atoms with Gasteiger partial charge in [-0.2, -0.15) is 0 Å². The van der Waals surface area contributed by atoms with Crippen LogP contribution in [0.5, 0.6) is 0 Å². The number of aryl methyl sites for hydroxylation is 2. The highest BCUT2D eigenvalue weighted by Gasteiger charge is 2.22. The molecule has 1 amide bonds. The zero-order valence-corrected chi connectivity index (χ0v) is 20.2. The van der Waals surface area contributed by atoms with Crippen molar-refractivity contribution >= 4 is 42.4 Å². The van der Waals surface area contributed by atoms with Crippen molar-refractivity contribution in [1.82, 2.24) is 9.97 Å². The molecule has 0 fully saturated rings. The van der Waals surface area contributed by atoms with Crippen LogP contribution in [0.4, 0.5) is 5.13 Å². The maximum Gasteiger partial charge on any atom is 0.229 e. The minimum atomic E-state index is -3.43. The molecule has 4 rings (SSSR count). The van der Waals surface area contributed by atoms with Gasteiger partial charge in [0.2, 0.25) is 5.91 Å². The average molecular weight is 480 g/mol. The Balaban J connectivity index is 1.56. The zero-order chi connectivity index (χ0) is 23.4. The van der Waals surface area contributed by atoms with Gasteiger partial charge in [0.15, 0.2) is 15.0 Å². The second-order valence-electron chi connectivity index (χ2n) is 7.93. The summed E-state index contributed by atoms with van der Waals surface area (Å²) in [7, 11) is -3.43. The summed E-state index contributed by atoms with van der Waals surface area (Å²) in [4.78, 5) is 24.1. The highest BCUT2D eigenvalue weighted by Crippen LogP contribution is 2.33. The third-order valence-electron chi connectivity index (χ3n) is 5.57. The molecule has 0 atom stereocenters. The van der Waals surface area contributed by atoms with Crippen molar-refractivity contribution in [2.24, 2.45) is 0 Å². The minimum absolute atomic E-state index is 0.0817. The smallest absolute Gasteiger partial charge is 0.229 e. The highest BCUT2D eigenvalue weighted by atomic mass is 32.2. The molecule has 0 N–H and O–H groups in total. The van der Waals surface area contributed by atoms with Crippen molar-refractivity contribution in [2.45, 2.75) is 38.1 Å². The van der Waals surface area contributed by atoms with Gasteiger partial charge in [0, 0.05) is 18.8 Å². The van der Waals surface area contributed by atoms with Gasteiger partial charge in [-0.1, -0.05) is 41.7 Å². The number of rotatable bonds is 8. The van der Waals surface area contributed by atoms with E-state index in [-0.39, 0.29) is 29.4 Å². The van der Waals surface area contributed by atoms with E-state index >= 15 is 0 Å². The lowest BCUT2D eigenvalue weighted by Gasteiger charge is -2.20. The van der Waals surface area contributed by atoms with Gasteiger partial charge in [-0.05, 0) is 61.2 Å². The Bertz CT molecular complexity index is 1370. The summed E-state index contributed by atoms with van der Waals surface area (Å²) < 4.78 is 26.2. The number of pyridine rings is 1. The highest BCUT2D eigenvalue weighted by molar-refractivity contribution is 7.91. The first-order valence-electron chi connectivity index (χ1n) is 10.7. The number of nitrogens with zero attached hydrogens (tertiary/aromatic N) is 3. The van der Waals surface area contributed by atoms with E-state index < -0.39 is 9.84 Å². The Labute approximate surface area is 197 Å². The van der Waals surface area contributed by atoms with E-state index in [1.54, 1.807) is 47.6 Å². The molecule has 0 bridgehead atoms. The first-order chi connectivity index (χ1) is 15.8. The molecule has 8 heteroatoms. The fourth-order valence-electron chi connectivity index (χ4n) is 3.56. The van der Waals surface area contributed by atoms with Crippen molar-refractivity contribution in [1.29, 1.82) is 0 Å². The number of carbonyl (C=O) groups is 1. The van der Waals surface area contributed by atoms with Gasteiger partial charge in [-0.25, -0.2) is 13.4 Å². The maximum absolute atomic E-state index is 13.3. The largest absolute Gasteiger partial charge is 0.284 e. The molecule has 0 radical (unpaired) electrons. The third-order valence-corrected chi connectivity index (χ3v) is 8.44. The van der Waals surface area contributed by atoms with Gasteiger partial charge in [-0.15, -0.1) is 0 Å². The summed E-state index contributed by atoms with van der Waals surface area (Å²) in [5, 5.41) is 0.610. The molecule has 0 saturated carbocycles. The molecular formula is C25H25N3O3S2. The molecule has 6 nitrogen and oxygen atoms in total. The molecule has 4 aromatic rings. The van der Waals surface area contributed by atoms with Crippen LogP contribution in [-0.2, 0) is 21.2 Å². The van der Waals surface area contributed by atoms with Crippen molar-refractivity contribution in [2.75, 3.05) is 10.7 Å². The predicted molar refractivity (Wildman–Crippen MR) is 132 cm³/mol. The van der Waals surface area contributed by atoms with Crippen LogP contribution >= 0.6 is 11.3 Å². The first-order valence-corrected chi connectivity index (χ1v) is 13.2. The predicted octanol–water partition coefficient (Wildman–Crippen LogP) is 5.10. The average Bonchev–Trinajstić information content (AvgIpc) is 3.26. The number of fused-ring (bicyclic) bond motifs is 1. The molecule has 2 aromatic heterocycles. The number of benzene rings is 2. The van der Waals surface area contributed by atoms with E-state index in [0.29, 0.717) is 11.7 Å². The molecule has 0 unspecified atom stereocenters. The van der Waals surface area contributed by atoms with E-state index in [4.69, 9.17) is 4.98 Å². The van der Waals surface area contributed by atoms with Gasteiger partial charge >= 0.3 is 0 Å². The van der Waals surface area contributed by atoms with Crippen LogP contribution < -0.4 is 4.90 Å². The Hall–Kier alpha value is -3.10. The van der Waals surface area contributed by atoms with Crippen LogP contribution in [0.1, 0.15) is 29.5 Å². The summed E-state index contributed by atoms with van der Waals surface area (Å²) in [6.07, 6.45) is 3.76. The number of aromatic nitrogens is 2. The summed E-state index contributed by atoms with van der Waals surface area (Å²) in [6.45, 7) is 4.40. The van der Waals surface area contributed by atoms with Gasteiger partial charge in [-0.3, -0.25) is 14.7 Å². The lowest BCUT2D eigenvalue weighted by Crippen LogP contribution is -2.30. The lowest BCUT2D eigenvalue weighted by molar-refractivity contribution is -0.118. The van der Waals surface area contributed by atoms with Gasteiger partial charge in [0.1, 0.15) is 0 Å². The monoisotopic (exact) mass is 479 g/mol. The molecule has 0 aliphatic heterocycles. The molecule has 33 heavy (non-hydrogen) atoms. The van der Waals surface area contributed by atoms with Crippen LogP contribution in [0.3, 0.4) is 0 Å². The summed E-state index contributed by atoms with van der Waals surface area (Å²) in [5.41, 5.74) is 4.02. The van der Waals surface area contributed by atoms with Crippen molar-refractivity contribution in [3.63, 3.8) is 0 Å². The summed E-state index contributed by atoms with van der Waals surface area (Å²) >= 11 is 1.47. The molecule has 2 aromatic carbocycles. The second-order valence-corrected chi connectivity index (χ2v) is 11.0. The molecule has 2 heterocycles. The Kier molecular flexibility index (Phi) is 6.85. The van der Waals surface area contributed by atoms with Crippen LogP contribution in [0.25, 0.3) is 10.2 Å². The van der Waals surface area contributed by atoms with Crippen LogP contribution in [0.15, 0.2) is 71.9 Å². The number of carbonyl (C=O) groups excluding carboxylic acids is 1. The van der Waals surface area contributed by atoms with E-state index in [1.807, 2.05) is 32.0 Å². The number of hydrogen-bond donors (Lipinski definition) is 0.